The van der Waals surface area contributed by atoms with E-state index in [1.165, 1.54) is 0 Å². The van der Waals surface area contributed by atoms with E-state index in [2.05, 4.69) is 13.8 Å². The van der Waals surface area contributed by atoms with E-state index in [0.717, 1.165) is 25.7 Å². The Labute approximate surface area is 168 Å². The second-order valence-electron chi connectivity index (χ2n) is 9.32. The van der Waals surface area contributed by atoms with Crippen molar-refractivity contribution in [3.05, 3.63) is 0 Å². The first kappa shape index (κ1) is 22.1. The van der Waals surface area contributed by atoms with E-state index in [0.29, 0.717) is 6.61 Å². The van der Waals surface area contributed by atoms with Crippen LogP contribution in [0, 0.1) is 11.3 Å². The van der Waals surface area contributed by atoms with E-state index in [9.17, 15) is 14.1 Å². The molecule has 5 aliphatic rings. The Bertz CT molecular complexity index is 615. The van der Waals surface area contributed by atoms with Gasteiger partial charge in [0.15, 0.2) is 6.29 Å². The van der Waals surface area contributed by atoms with Crippen molar-refractivity contribution in [2.24, 2.45) is 17.1 Å². The van der Waals surface area contributed by atoms with Crippen molar-refractivity contribution in [1.29, 1.82) is 0 Å². The lowest BCUT2D eigenvalue weighted by Gasteiger charge is -2.53. The van der Waals surface area contributed by atoms with Gasteiger partial charge in [-0.05, 0) is 25.2 Å². The molecule has 5 rings (SSSR count). The first-order valence-corrected chi connectivity index (χ1v) is 11.5. The Kier molecular flexibility index (Phi) is 6.54. The highest BCUT2D eigenvalue weighted by Gasteiger charge is 2.55. The topological polar surface area (TPSA) is 128 Å². The second-order valence-corrected chi connectivity index (χ2v) is 10.9. The number of aliphatic hydroxyl groups is 1. The van der Waals surface area contributed by atoms with Gasteiger partial charge in [-0.2, -0.15) is 0 Å². The van der Waals surface area contributed by atoms with Crippen LogP contribution in [0.5, 0.6) is 0 Å². The van der Waals surface area contributed by atoms with E-state index in [-0.39, 0.29) is 22.8 Å². The van der Waals surface area contributed by atoms with Crippen molar-refractivity contribution in [2.45, 2.75) is 82.7 Å². The average molecular weight is 420 g/mol. The Hall–Kier alpha value is -0.580. The van der Waals surface area contributed by atoms with Crippen LogP contribution < -0.4 is 5.73 Å². The molecule has 28 heavy (non-hydrogen) atoms. The van der Waals surface area contributed by atoms with Crippen LogP contribution in [-0.4, -0.2) is 74.7 Å². The number of nitrogens with two attached hydrogens (primary N) is 1. The van der Waals surface area contributed by atoms with E-state index in [1.54, 1.807) is 0 Å². The van der Waals surface area contributed by atoms with Crippen LogP contribution in [-0.2, 0) is 29.8 Å². The van der Waals surface area contributed by atoms with Crippen LogP contribution in [0.1, 0.15) is 46.5 Å². The number of hydrogen-bond donors (Lipinski definition) is 3. The normalized spacial score (nSPS) is 42.5. The van der Waals surface area contributed by atoms with Gasteiger partial charge in [0.25, 0.3) is 0 Å². The van der Waals surface area contributed by atoms with Crippen LogP contribution in [0.2, 0.25) is 0 Å². The number of ether oxygens (including phenoxy) is 3. The summed E-state index contributed by atoms with van der Waals surface area (Å²) in [5.41, 5.74) is 4.80. The van der Waals surface area contributed by atoms with Gasteiger partial charge in [0, 0.05) is 22.5 Å². The molecule has 0 spiro atoms. The van der Waals surface area contributed by atoms with Gasteiger partial charge in [-0.1, -0.05) is 26.7 Å². The zero-order valence-electron chi connectivity index (χ0n) is 16.8. The lowest BCUT2D eigenvalue weighted by atomic mass is 9.68. The van der Waals surface area contributed by atoms with Gasteiger partial charge >= 0.3 is 5.97 Å². The lowest BCUT2D eigenvalue weighted by Crippen LogP contribution is -2.65. The minimum absolute atomic E-state index is 0.107. The lowest BCUT2D eigenvalue weighted by molar-refractivity contribution is -0.366. The number of hydrogen-bond acceptors (Lipinski definition) is 7. The minimum Gasteiger partial charge on any atom is -0.480 e. The van der Waals surface area contributed by atoms with Crippen molar-refractivity contribution in [3.63, 3.8) is 0 Å². The van der Waals surface area contributed by atoms with Gasteiger partial charge in [0.2, 0.25) is 0 Å². The number of rotatable bonds is 5. The molecule has 5 heterocycles. The number of carbonyl (C=O) groups is 1. The summed E-state index contributed by atoms with van der Waals surface area (Å²) < 4.78 is 31.0. The summed E-state index contributed by atoms with van der Waals surface area (Å²) in [6.45, 7) is 6.59. The SMILES string of the molecule is CC12CCCCC(C)(C)C3C(CS(=O)CC(N)C(=O)O)OC(O1)C(OC2)C3O. The molecule has 5 saturated heterocycles. The zero-order valence-corrected chi connectivity index (χ0v) is 17.7. The molecule has 9 heteroatoms. The van der Waals surface area contributed by atoms with Gasteiger partial charge in [0.05, 0.1) is 30.2 Å². The van der Waals surface area contributed by atoms with E-state index >= 15 is 0 Å². The fraction of sp³-hybridized carbons (Fsp3) is 0.947. The van der Waals surface area contributed by atoms with Crippen LogP contribution in [0.3, 0.4) is 0 Å². The fourth-order valence-corrected chi connectivity index (χ4v) is 6.12. The Morgan fingerprint density at radius 1 is 1.29 bits per heavy atom. The third-order valence-corrected chi connectivity index (χ3v) is 7.81. The third kappa shape index (κ3) is 4.60. The number of aliphatic carboxylic acids is 1. The van der Waals surface area contributed by atoms with Gasteiger partial charge in [-0.3, -0.25) is 9.00 Å². The van der Waals surface area contributed by atoms with Crippen LogP contribution >= 0.6 is 0 Å². The largest absolute Gasteiger partial charge is 0.480 e. The number of carboxylic acid groups (broad SMARTS) is 1. The highest BCUT2D eigenvalue weighted by atomic mass is 32.2. The number of aliphatic hydroxyl groups excluding tert-OH is 1. The molecule has 5 aliphatic heterocycles. The Morgan fingerprint density at radius 2 is 1.96 bits per heavy atom. The van der Waals surface area contributed by atoms with Gasteiger partial charge in [0.1, 0.15) is 12.1 Å². The summed E-state index contributed by atoms with van der Waals surface area (Å²) in [6.07, 6.45) is 1.07. The molecular formula is C19H33NO7S. The molecule has 0 aliphatic carbocycles. The molecule has 0 aromatic carbocycles. The first-order valence-electron chi connectivity index (χ1n) is 9.99. The molecule has 5 fully saturated rings. The maximum Gasteiger partial charge on any atom is 0.321 e. The number of fused-ring (bicyclic) bond motifs is 2. The van der Waals surface area contributed by atoms with Gasteiger partial charge < -0.3 is 30.2 Å². The maximum atomic E-state index is 12.6. The Morgan fingerprint density at radius 3 is 2.64 bits per heavy atom. The van der Waals surface area contributed by atoms with Crippen molar-refractivity contribution in [1.82, 2.24) is 0 Å². The zero-order chi connectivity index (χ0) is 20.7. The Balaban J connectivity index is 1.85. The standard InChI is InChI=1S/C19H33NO7S/c1-18(2)6-4-5-7-19(3)10-25-15-14(21)13(18)12(26-17(15)27-19)9-28(24)8-11(20)16(22)23/h11-15,17,21H,4-10,20H2,1-3H3,(H,22,23). The molecule has 4 N–H and O–H groups in total. The molecule has 162 valence electrons. The minimum atomic E-state index is -1.50. The molecule has 0 radical (unpaired) electrons. The van der Waals surface area contributed by atoms with Crippen molar-refractivity contribution in [3.8, 4) is 0 Å². The molecule has 0 amide bonds. The van der Waals surface area contributed by atoms with Crippen LogP contribution in [0.15, 0.2) is 0 Å². The van der Waals surface area contributed by atoms with Crippen molar-refractivity contribution >= 4 is 16.8 Å². The molecule has 8 nitrogen and oxygen atoms in total. The third-order valence-electron chi connectivity index (χ3n) is 6.38. The predicted octanol–water partition coefficient (Wildman–Crippen LogP) is 0.623. The molecule has 8 unspecified atom stereocenters. The quantitative estimate of drug-likeness (QED) is 0.592. The summed E-state index contributed by atoms with van der Waals surface area (Å²) >= 11 is 0. The van der Waals surface area contributed by atoms with Gasteiger partial charge in [-0.15, -0.1) is 0 Å². The number of carboxylic acids is 1. The molecule has 4 bridgehead atoms. The van der Waals surface area contributed by atoms with E-state index in [4.69, 9.17) is 25.1 Å². The summed E-state index contributed by atoms with van der Waals surface area (Å²) in [5.74, 6) is -1.53. The summed E-state index contributed by atoms with van der Waals surface area (Å²) in [5, 5.41) is 20.1. The first-order chi connectivity index (χ1) is 13.0. The summed E-state index contributed by atoms with van der Waals surface area (Å²) in [4.78, 5) is 11.0. The summed E-state index contributed by atoms with van der Waals surface area (Å²) in [6, 6.07) is -1.19. The highest BCUT2D eigenvalue weighted by molar-refractivity contribution is 7.85. The predicted molar refractivity (Wildman–Crippen MR) is 103 cm³/mol. The van der Waals surface area contributed by atoms with E-state index in [1.807, 2.05) is 6.92 Å². The molecule has 0 aromatic heterocycles. The molecule has 0 saturated carbocycles. The highest BCUT2D eigenvalue weighted by Crippen LogP contribution is 2.47. The van der Waals surface area contributed by atoms with Crippen LogP contribution in [0.4, 0.5) is 0 Å². The van der Waals surface area contributed by atoms with Crippen LogP contribution in [0.25, 0.3) is 0 Å². The molecule has 8 atom stereocenters. The molecule has 0 aromatic rings. The van der Waals surface area contributed by atoms with Crippen molar-refractivity contribution < 1.29 is 33.4 Å². The second kappa shape index (κ2) is 8.28. The monoisotopic (exact) mass is 419 g/mol. The van der Waals surface area contributed by atoms with Crippen molar-refractivity contribution in [2.75, 3.05) is 18.1 Å². The average Bonchev–Trinajstić information content (AvgIpc) is 2.60. The van der Waals surface area contributed by atoms with E-state index < -0.39 is 53.0 Å². The summed E-state index contributed by atoms with van der Waals surface area (Å²) in [7, 11) is -1.50. The fourth-order valence-electron chi connectivity index (χ4n) is 4.79. The maximum absolute atomic E-state index is 12.6. The molecular weight excluding hydrogens is 386 g/mol. The smallest absolute Gasteiger partial charge is 0.321 e. The van der Waals surface area contributed by atoms with Gasteiger partial charge in [-0.25, -0.2) is 0 Å².